The molecule has 3 heteroatoms. The van der Waals surface area contributed by atoms with E-state index in [4.69, 9.17) is 0 Å². The quantitative estimate of drug-likeness (QED) is 0.637. The Bertz CT molecular complexity index is 461. The Labute approximate surface area is 115 Å². The molecule has 1 amide bonds. The summed E-state index contributed by atoms with van der Waals surface area (Å²) in [6.07, 6.45) is 4.30. The van der Waals surface area contributed by atoms with E-state index in [1.807, 2.05) is 45.0 Å². The molecule has 0 saturated heterocycles. The molecule has 0 aliphatic carbocycles. The van der Waals surface area contributed by atoms with Crippen LogP contribution in [0.25, 0.3) is 0 Å². The van der Waals surface area contributed by atoms with Gasteiger partial charge in [-0.2, -0.15) is 0 Å². The predicted molar refractivity (Wildman–Crippen MR) is 80.1 cm³/mol. The monoisotopic (exact) mass is 258 g/mol. The average Bonchev–Trinajstić information content (AvgIpc) is 2.44. The molecule has 1 N–H and O–H groups in total. The van der Waals surface area contributed by atoms with Gasteiger partial charge in [0, 0.05) is 12.1 Å². The fourth-order valence-electron chi connectivity index (χ4n) is 1.72. The summed E-state index contributed by atoms with van der Waals surface area (Å²) in [5.74, 6) is 0.660. The van der Waals surface area contributed by atoms with Gasteiger partial charge in [-0.1, -0.05) is 43.3 Å². The van der Waals surface area contributed by atoms with Crippen molar-refractivity contribution in [3.8, 4) is 0 Å². The number of hydrogen-bond acceptors (Lipinski definition) is 2. The molecule has 1 aromatic rings. The van der Waals surface area contributed by atoms with Gasteiger partial charge in [0.25, 0.3) is 0 Å². The largest absolute Gasteiger partial charge is 0.314 e. The van der Waals surface area contributed by atoms with E-state index in [9.17, 15) is 4.79 Å². The fourth-order valence-corrected chi connectivity index (χ4v) is 1.72. The zero-order valence-electron chi connectivity index (χ0n) is 11.9. The van der Waals surface area contributed by atoms with Gasteiger partial charge >= 0.3 is 0 Å². The van der Waals surface area contributed by atoms with Crippen molar-refractivity contribution in [1.82, 2.24) is 5.32 Å². The number of carbonyl (C=O) groups excluding carboxylic acids is 1. The van der Waals surface area contributed by atoms with Gasteiger partial charge in [0.2, 0.25) is 5.91 Å². The molecule has 102 valence electrons. The molecule has 1 aromatic carbocycles. The van der Waals surface area contributed by atoms with Gasteiger partial charge < -0.3 is 5.32 Å². The minimum Gasteiger partial charge on any atom is -0.314 e. The summed E-state index contributed by atoms with van der Waals surface area (Å²) in [5.41, 5.74) is 2.30. The SMILES string of the molecule is C/C=C(/CCc1ccccc1)N=C(C)NC(=O)CC. The van der Waals surface area contributed by atoms with Crippen LogP contribution in [0.3, 0.4) is 0 Å². The molecular formula is C16H22N2O. The number of benzene rings is 1. The molecule has 0 unspecified atom stereocenters. The Morgan fingerprint density at radius 2 is 2.00 bits per heavy atom. The van der Waals surface area contributed by atoms with E-state index in [1.165, 1.54) is 5.56 Å². The predicted octanol–water partition coefficient (Wildman–Crippen LogP) is 3.47. The van der Waals surface area contributed by atoms with E-state index in [0.717, 1.165) is 18.5 Å². The molecule has 0 atom stereocenters. The molecule has 0 aliphatic heterocycles. The van der Waals surface area contributed by atoms with E-state index in [1.54, 1.807) is 0 Å². The molecule has 3 nitrogen and oxygen atoms in total. The topological polar surface area (TPSA) is 41.5 Å². The van der Waals surface area contributed by atoms with Gasteiger partial charge in [-0.05, 0) is 32.3 Å². The highest BCUT2D eigenvalue weighted by Crippen LogP contribution is 2.10. The Morgan fingerprint density at radius 3 is 2.58 bits per heavy atom. The normalized spacial score (nSPS) is 12.4. The number of hydrogen-bond donors (Lipinski definition) is 1. The van der Waals surface area contributed by atoms with Gasteiger partial charge in [0.05, 0.1) is 0 Å². The van der Waals surface area contributed by atoms with Crippen molar-refractivity contribution in [3.63, 3.8) is 0 Å². The second-order valence-corrected chi connectivity index (χ2v) is 4.36. The van der Waals surface area contributed by atoms with E-state index in [0.29, 0.717) is 12.3 Å². The molecule has 0 aromatic heterocycles. The maximum atomic E-state index is 11.3. The van der Waals surface area contributed by atoms with Crippen LogP contribution in [0.1, 0.15) is 39.2 Å². The van der Waals surface area contributed by atoms with Crippen LogP contribution < -0.4 is 5.32 Å². The van der Waals surface area contributed by atoms with Gasteiger partial charge in [0.15, 0.2) is 0 Å². The number of amidine groups is 1. The van der Waals surface area contributed by atoms with E-state index < -0.39 is 0 Å². The summed E-state index contributed by atoms with van der Waals surface area (Å²) in [4.78, 5) is 15.7. The molecule has 0 aliphatic rings. The van der Waals surface area contributed by atoms with Gasteiger partial charge in [-0.3, -0.25) is 4.79 Å². The lowest BCUT2D eigenvalue weighted by Crippen LogP contribution is -2.27. The van der Waals surface area contributed by atoms with Crippen LogP contribution in [0.4, 0.5) is 0 Å². The minimum atomic E-state index is -0.000220. The number of aliphatic imine (C=N–C) groups is 1. The van der Waals surface area contributed by atoms with Crippen molar-refractivity contribution in [2.75, 3.05) is 0 Å². The molecule has 0 heterocycles. The summed E-state index contributed by atoms with van der Waals surface area (Å²) >= 11 is 0. The number of nitrogens with one attached hydrogen (secondary N) is 1. The number of rotatable bonds is 5. The zero-order chi connectivity index (χ0) is 14.1. The maximum absolute atomic E-state index is 11.3. The Morgan fingerprint density at radius 1 is 1.32 bits per heavy atom. The first-order chi connectivity index (χ1) is 9.15. The van der Waals surface area contributed by atoms with Gasteiger partial charge in [-0.25, -0.2) is 4.99 Å². The van der Waals surface area contributed by atoms with Crippen LogP contribution in [-0.2, 0) is 11.2 Å². The van der Waals surface area contributed by atoms with E-state index in [-0.39, 0.29) is 5.91 Å². The standard InChI is InChI=1S/C16H22N2O/c1-4-15(17-13(3)18-16(19)5-2)12-11-14-9-7-6-8-10-14/h4,6-10H,5,11-12H2,1-3H3,(H,17,18,19)/b15-4-. The van der Waals surface area contributed by atoms with Crippen LogP contribution in [-0.4, -0.2) is 11.7 Å². The molecule has 1 rings (SSSR count). The molecule has 0 fully saturated rings. The summed E-state index contributed by atoms with van der Waals surface area (Å²) in [6.45, 7) is 5.62. The summed E-state index contributed by atoms with van der Waals surface area (Å²) in [5, 5.41) is 2.76. The first kappa shape index (κ1) is 15.2. The third-order valence-corrected chi connectivity index (χ3v) is 2.80. The first-order valence-corrected chi connectivity index (χ1v) is 6.70. The molecular weight excluding hydrogens is 236 g/mol. The van der Waals surface area contributed by atoms with E-state index >= 15 is 0 Å². The molecule has 0 spiro atoms. The van der Waals surface area contributed by atoms with Crippen molar-refractivity contribution in [3.05, 3.63) is 47.7 Å². The number of amides is 1. The average molecular weight is 258 g/mol. The van der Waals surface area contributed by atoms with E-state index in [2.05, 4.69) is 22.4 Å². The van der Waals surface area contributed by atoms with Crippen molar-refractivity contribution in [2.24, 2.45) is 4.99 Å². The smallest absolute Gasteiger partial charge is 0.224 e. The van der Waals surface area contributed by atoms with Crippen molar-refractivity contribution >= 4 is 11.7 Å². The number of aryl methyl sites for hydroxylation is 1. The Balaban J connectivity index is 2.55. The van der Waals surface area contributed by atoms with Crippen molar-refractivity contribution < 1.29 is 4.79 Å². The lowest BCUT2D eigenvalue weighted by molar-refractivity contribution is -0.119. The highest BCUT2D eigenvalue weighted by Gasteiger charge is 2.01. The van der Waals surface area contributed by atoms with Crippen LogP contribution in [0.2, 0.25) is 0 Å². The summed E-state index contributed by atoms with van der Waals surface area (Å²) in [7, 11) is 0. The minimum absolute atomic E-state index is 0.000220. The highest BCUT2D eigenvalue weighted by molar-refractivity contribution is 5.97. The number of nitrogens with zero attached hydrogens (tertiary/aromatic N) is 1. The second kappa shape index (κ2) is 8.25. The second-order valence-electron chi connectivity index (χ2n) is 4.36. The number of carbonyl (C=O) groups is 1. The van der Waals surface area contributed by atoms with Gasteiger partial charge in [0.1, 0.15) is 5.84 Å². The van der Waals surface area contributed by atoms with Crippen LogP contribution in [0.5, 0.6) is 0 Å². The van der Waals surface area contributed by atoms with Crippen molar-refractivity contribution in [1.29, 1.82) is 0 Å². The van der Waals surface area contributed by atoms with Gasteiger partial charge in [-0.15, -0.1) is 0 Å². The third kappa shape index (κ3) is 6.00. The van der Waals surface area contributed by atoms with Crippen LogP contribution in [0.15, 0.2) is 47.1 Å². The summed E-state index contributed by atoms with van der Waals surface area (Å²) < 4.78 is 0. The Hall–Kier alpha value is -1.90. The first-order valence-electron chi connectivity index (χ1n) is 6.70. The number of allylic oxidation sites excluding steroid dienone is 2. The molecule has 0 saturated carbocycles. The highest BCUT2D eigenvalue weighted by atomic mass is 16.1. The summed E-state index contributed by atoms with van der Waals surface area (Å²) in [6, 6.07) is 10.3. The molecule has 19 heavy (non-hydrogen) atoms. The molecule has 0 radical (unpaired) electrons. The third-order valence-electron chi connectivity index (χ3n) is 2.80. The zero-order valence-corrected chi connectivity index (χ0v) is 11.9. The molecule has 0 bridgehead atoms. The lowest BCUT2D eigenvalue weighted by Gasteiger charge is -2.06. The lowest BCUT2D eigenvalue weighted by atomic mass is 10.1. The Kier molecular flexibility index (Phi) is 6.58. The van der Waals surface area contributed by atoms with Crippen molar-refractivity contribution in [2.45, 2.75) is 40.0 Å². The van der Waals surface area contributed by atoms with Crippen LogP contribution in [0, 0.1) is 0 Å². The maximum Gasteiger partial charge on any atom is 0.224 e. The van der Waals surface area contributed by atoms with Crippen LogP contribution >= 0.6 is 0 Å². The fraction of sp³-hybridized carbons (Fsp3) is 0.375.